The number of rotatable bonds is 4. The maximum absolute atomic E-state index is 12.8. The largest absolute Gasteiger partial charge is 0.497 e. The molecule has 1 heterocycles. The maximum atomic E-state index is 12.8. The molecule has 0 aliphatic carbocycles. The third kappa shape index (κ3) is 4.35. The highest BCUT2D eigenvalue weighted by molar-refractivity contribution is 5.78. The SMILES string of the molecule is C/C=C/[C@H]1[C@@H](C(=O)O)OC(c2ccc(OC)cc2)N1C(=O)OC(C)(C)C. The number of aliphatic carboxylic acids is 1. The molecule has 0 spiro atoms. The lowest BCUT2D eigenvalue weighted by Gasteiger charge is -2.30. The molecule has 7 nitrogen and oxygen atoms in total. The number of methoxy groups -OCH3 is 1. The average Bonchev–Trinajstić information content (AvgIpc) is 2.93. The van der Waals surface area contributed by atoms with Crippen LogP contribution in [0.25, 0.3) is 0 Å². The summed E-state index contributed by atoms with van der Waals surface area (Å²) in [4.78, 5) is 25.8. The molecule has 1 N–H and O–H groups in total. The van der Waals surface area contributed by atoms with Crippen LogP contribution >= 0.6 is 0 Å². The molecule has 0 saturated carbocycles. The van der Waals surface area contributed by atoms with E-state index in [1.807, 2.05) is 0 Å². The zero-order valence-corrected chi connectivity index (χ0v) is 15.6. The molecule has 1 aromatic carbocycles. The van der Waals surface area contributed by atoms with Crippen LogP contribution in [0.4, 0.5) is 4.79 Å². The number of amides is 1. The molecule has 1 fully saturated rings. The van der Waals surface area contributed by atoms with Gasteiger partial charge in [0, 0.05) is 5.56 Å². The number of hydrogen-bond acceptors (Lipinski definition) is 5. The lowest BCUT2D eigenvalue weighted by atomic mass is 10.1. The lowest BCUT2D eigenvalue weighted by molar-refractivity contribution is -0.150. The second-order valence-electron chi connectivity index (χ2n) is 6.92. The van der Waals surface area contributed by atoms with E-state index >= 15 is 0 Å². The second kappa shape index (κ2) is 7.78. The summed E-state index contributed by atoms with van der Waals surface area (Å²) in [6.45, 7) is 7.02. The Labute approximate surface area is 153 Å². The van der Waals surface area contributed by atoms with Crippen molar-refractivity contribution in [3.8, 4) is 5.75 Å². The Kier molecular flexibility index (Phi) is 5.92. The molecule has 26 heavy (non-hydrogen) atoms. The predicted molar refractivity (Wildman–Crippen MR) is 94.9 cm³/mol. The van der Waals surface area contributed by atoms with Crippen molar-refractivity contribution >= 4 is 12.1 Å². The third-order valence-corrected chi connectivity index (χ3v) is 3.80. The number of carboxylic acids is 1. The van der Waals surface area contributed by atoms with Gasteiger partial charge in [-0.1, -0.05) is 24.3 Å². The van der Waals surface area contributed by atoms with Crippen LogP contribution in [0.2, 0.25) is 0 Å². The average molecular weight is 363 g/mol. The molecule has 2 rings (SSSR count). The van der Waals surface area contributed by atoms with Crippen molar-refractivity contribution in [1.29, 1.82) is 0 Å². The summed E-state index contributed by atoms with van der Waals surface area (Å²) >= 11 is 0. The summed E-state index contributed by atoms with van der Waals surface area (Å²) in [5.41, 5.74) is -0.0847. The van der Waals surface area contributed by atoms with Crippen molar-refractivity contribution in [2.75, 3.05) is 7.11 Å². The molecule has 0 radical (unpaired) electrons. The molecule has 0 bridgehead atoms. The molecule has 1 unspecified atom stereocenters. The predicted octanol–water partition coefficient (Wildman–Crippen LogP) is 3.36. The van der Waals surface area contributed by atoms with E-state index in [2.05, 4.69) is 0 Å². The van der Waals surface area contributed by atoms with E-state index in [1.54, 1.807) is 71.2 Å². The van der Waals surface area contributed by atoms with Crippen LogP contribution in [0.1, 0.15) is 39.5 Å². The zero-order valence-electron chi connectivity index (χ0n) is 15.6. The topological polar surface area (TPSA) is 85.3 Å². The summed E-state index contributed by atoms with van der Waals surface area (Å²) in [5, 5.41) is 9.53. The van der Waals surface area contributed by atoms with Crippen LogP contribution < -0.4 is 4.74 Å². The van der Waals surface area contributed by atoms with Crippen LogP contribution in [0.3, 0.4) is 0 Å². The van der Waals surface area contributed by atoms with Crippen molar-refractivity contribution in [3.05, 3.63) is 42.0 Å². The minimum atomic E-state index is -1.19. The number of carbonyl (C=O) groups is 2. The quantitative estimate of drug-likeness (QED) is 0.826. The first-order valence-corrected chi connectivity index (χ1v) is 8.34. The standard InChI is InChI=1S/C19H25NO6/c1-6-7-14-15(17(21)22)25-16(12-8-10-13(24-5)11-9-12)20(14)18(23)26-19(2,3)4/h6-11,14-16H,1-5H3,(H,21,22)/b7-6+/t14-,15-,16?/m0/s1. The van der Waals surface area contributed by atoms with E-state index in [1.165, 1.54) is 4.90 Å². The van der Waals surface area contributed by atoms with Crippen molar-refractivity contribution < 1.29 is 28.9 Å². The maximum Gasteiger partial charge on any atom is 0.413 e. The minimum Gasteiger partial charge on any atom is -0.497 e. The Morgan fingerprint density at radius 3 is 2.31 bits per heavy atom. The highest BCUT2D eigenvalue weighted by Crippen LogP contribution is 2.37. The van der Waals surface area contributed by atoms with Crippen molar-refractivity contribution in [2.45, 2.75) is 51.7 Å². The number of allylic oxidation sites excluding steroid dienone is 1. The summed E-state index contributed by atoms with van der Waals surface area (Å²) in [5.74, 6) is -0.493. The molecule has 1 aromatic rings. The highest BCUT2D eigenvalue weighted by Gasteiger charge is 2.49. The first-order chi connectivity index (χ1) is 12.2. The molecule has 1 aliphatic heterocycles. The Bertz CT molecular complexity index is 676. The fraction of sp³-hybridized carbons (Fsp3) is 0.474. The van der Waals surface area contributed by atoms with Gasteiger partial charge in [-0.2, -0.15) is 0 Å². The van der Waals surface area contributed by atoms with Crippen LogP contribution in [0.5, 0.6) is 5.75 Å². The van der Waals surface area contributed by atoms with Crippen LogP contribution in [-0.2, 0) is 14.3 Å². The van der Waals surface area contributed by atoms with E-state index < -0.39 is 36.0 Å². The normalized spacial score (nSPS) is 23.3. The lowest BCUT2D eigenvalue weighted by Crippen LogP contribution is -2.44. The number of carbonyl (C=O) groups excluding carboxylic acids is 1. The first kappa shape index (κ1) is 19.8. The van der Waals surface area contributed by atoms with Crippen LogP contribution in [0.15, 0.2) is 36.4 Å². The van der Waals surface area contributed by atoms with Gasteiger partial charge in [-0.05, 0) is 39.8 Å². The zero-order chi connectivity index (χ0) is 19.5. The summed E-state index contributed by atoms with van der Waals surface area (Å²) in [6.07, 6.45) is 0.623. The molecule has 7 heteroatoms. The van der Waals surface area contributed by atoms with Gasteiger partial charge in [0.05, 0.1) is 13.2 Å². The van der Waals surface area contributed by atoms with Gasteiger partial charge < -0.3 is 19.3 Å². The Morgan fingerprint density at radius 2 is 1.85 bits per heavy atom. The van der Waals surface area contributed by atoms with Crippen molar-refractivity contribution in [1.82, 2.24) is 4.90 Å². The third-order valence-electron chi connectivity index (χ3n) is 3.80. The molecule has 3 atom stereocenters. The van der Waals surface area contributed by atoms with Gasteiger partial charge in [-0.25, -0.2) is 9.59 Å². The van der Waals surface area contributed by atoms with Gasteiger partial charge >= 0.3 is 12.1 Å². The van der Waals surface area contributed by atoms with E-state index in [0.717, 1.165) is 0 Å². The Balaban J connectivity index is 2.44. The monoisotopic (exact) mass is 363 g/mol. The fourth-order valence-electron chi connectivity index (χ4n) is 2.72. The number of benzene rings is 1. The van der Waals surface area contributed by atoms with Gasteiger partial charge in [0.25, 0.3) is 0 Å². The van der Waals surface area contributed by atoms with Gasteiger partial charge in [-0.15, -0.1) is 0 Å². The van der Waals surface area contributed by atoms with Gasteiger partial charge in [0.1, 0.15) is 11.4 Å². The number of carboxylic acid groups (broad SMARTS) is 1. The summed E-state index contributed by atoms with van der Waals surface area (Å²) in [6, 6.07) is 6.14. The first-order valence-electron chi connectivity index (χ1n) is 8.34. The van der Waals surface area contributed by atoms with Crippen LogP contribution in [-0.4, -0.2) is 46.9 Å². The minimum absolute atomic E-state index is 0.634. The molecular formula is C19H25NO6. The second-order valence-corrected chi connectivity index (χ2v) is 6.92. The Morgan fingerprint density at radius 1 is 1.23 bits per heavy atom. The van der Waals surface area contributed by atoms with E-state index in [-0.39, 0.29) is 0 Å². The van der Waals surface area contributed by atoms with Gasteiger partial charge in [-0.3, -0.25) is 4.90 Å². The van der Waals surface area contributed by atoms with E-state index in [9.17, 15) is 14.7 Å². The molecule has 1 saturated heterocycles. The fourth-order valence-corrected chi connectivity index (χ4v) is 2.72. The van der Waals surface area contributed by atoms with Gasteiger partial charge in [0.15, 0.2) is 12.3 Å². The number of nitrogens with zero attached hydrogens (tertiary/aromatic N) is 1. The molecule has 1 amide bonds. The molecule has 0 aromatic heterocycles. The molecule has 1 aliphatic rings. The Hall–Kier alpha value is -2.54. The molecular weight excluding hydrogens is 338 g/mol. The van der Waals surface area contributed by atoms with Crippen LogP contribution in [0, 0.1) is 0 Å². The van der Waals surface area contributed by atoms with E-state index in [0.29, 0.717) is 11.3 Å². The number of ether oxygens (including phenoxy) is 3. The van der Waals surface area contributed by atoms with E-state index in [4.69, 9.17) is 14.2 Å². The van der Waals surface area contributed by atoms with Crippen molar-refractivity contribution in [2.24, 2.45) is 0 Å². The highest BCUT2D eigenvalue weighted by atomic mass is 16.6. The summed E-state index contributed by atoms with van der Waals surface area (Å²) in [7, 11) is 1.55. The summed E-state index contributed by atoms with van der Waals surface area (Å²) < 4.78 is 16.3. The number of hydrogen-bond donors (Lipinski definition) is 1. The van der Waals surface area contributed by atoms with Gasteiger partial charge in [0.2, 0.25) is 0 Å². The molecule has 142 valence electrons. The smallest absolute Gasteiger partial charge is 0.413 e. The van der Waals surface area contributed by atoms with Crippen molar-refractivity contribution in [3.63, 3.8) is 0 Å².